The SMILES string of the molecule is CO.C[CH-]CC(=O)OCC.C[CH-]CCO.[CH-]=CC(=O)OCC.[Y].[Y].[Y]. The summed E-state index contributed by atoms with van der Waals surface area (Å²) < 4.78 is 8.98. The molecule has 25 heavy (non-hydrogen) atoms. The number of rotatable bonds is 7. The number of carbonyl (C=O) groups excluding carboxylic acids is 2. The predicted molar refractivity (Wildman–Crippen MR) is 86.5 cm³/mol. The fourth-order valence-corrected chi connectivity index (χ4v) is 0.706. The molecule has 0 saturated carbocycles. The molecule has 0 bridgehead atoms. The molecule has 0 aromatic rings. The van der Waals surface area contributed by atoms with E-state index in [-0.39, 0.29) is 111 Å². The summed E-state index contributed by atoms with van der Waals surface area (Å²) in [7, 11) is 1.00. The van der Waals surface area contributed by atoms with Crippen LogP contribution in [0.5, 0.6) is 0 Å². The first-order valence-electron chi connectivity index (χ1n) is 7.02. The molecule has 0 aliphatic rings. The number of ether oxygens (including phenoxy) is 2. The van der Waals surface area contributed by atoms with Crippen molar-refractivity contribution in [3.8, 4) is 0 Å². The first-order valence-corrected chi connectivity index (χ1v) is 7.02. The summed E-state index contributed by atoms with van der Waals surface area (Å²) in [5, 5.41) is 15.0. The van der Waals surface area contributed by atoms with Crippen molar-refractivity contribution in [2.75, 3.05) is 26.9 Å². The maximum Gasteiger partial charge on any atom is 0.275 e. The molecule has 0 aromatic carbocycles. The Balaban J connectivity index is -0.0000000356. The van der Waals surface area contributed by atoms with Crippen LogP contribution in [0.4, 0.5) is 0 Å². The van der Waals surface area contributed by atoms with E-state index in [0.717, 1.165) is 19.6 Å². The van der Waals surface area contributed by atoms with Gasteiger partial charge in [0.25, 0.3) is 5.97 Å². The molecule has 143 valence electrons. The Labute approximate surface area is 229 Å². The summed E-state index contributed by atoms with van der Waals surface area (Å²) in [5.74, 6) is -0.613. The van der Waals surface area contributed by atoms with Gasteiger partial charge in [-0.3, -0.25) is 11.4 Å². The van der Waals surface area contributed by atoms with Crippen LogP contribution < -0.4 is 0 Å². The Morgan fingerprint density at radius 2 is 1.44 bits per heavy atom. The monoisotopic (exact) mass is 586 g/mol. The third kappa shape index (κ3) is 66.6. The number of unbranched alkanes of at least 4 members (excludes halogenated alkanes) is 1. The van der Waals surface area contributed by atoms with Gasteiger partial charge in [0.15, 0.2) is 5.97 Å². The number of aliphatic hydroxyl groups excluding tert-OH is 2. The van der Waals surface area contributed by atoms with Crippen LogP contribution >= 0.6 is 0 Å². The first kappa shape index (κ1) is 45.6. The zero-order valence-electron chi connectivity index (χ0n) is 16.1. The zero-order valence-corrected chi connectivity index (χ0v) is 24.6. The molecule has 3 radical (unpaired) electrons. The Bertz CT molecular complexity index is 232. The minimum atomic E-state index is -0.470. The van der Waals surface area contributed by atoms with Crippen LogP contribution in [0.3, 0.4) is 0 Å². The van der Waals surface area contributed by atoms with Crippen molar-refractivity contribution in [3.05, 3.63) is 25.5 Å². The summed E-state index contributed by atoms with van der Waals surface area (Å²) in [6, 6.07) is 0. The Hall–Kier alpha value is 1.91. The molecule has 0 unspecified atom stereocenters. The summed E-state index contributed by atoms with van der Waals surface area (Å²) in [5.41, 5.74) is 0. The number of aliphatic hydroxyl groups is 2. The molecule has 0 aliphatic carbocycles. The first-order chi connectivity index (χ1) is 10.5. The molecule has 2 N–H and O–H groups in total. The van der Waals surface area contributed by atoms with Crippen molar-refractivity contribution in [1.29, 1.82) is 0 Å². The quantitative estimate of drug-likeness (QED) is 0.269. The molecule has 0 atom stereocenters. The van der Waals surface area contributed by atoms with E-state index in [1.165, 1.54) is 0 Å². The molecule has 0 amide bonds. The van der Waals surface area contributed by atoms with E-state index in [1.807, 2.05) is 20.3 Å². The standard InChI is InChI=1S/C6H11O2.C5H7O2.C4H9O.CH4O.3Y/c1-3-5-6(7)8-4-2;1-3-5(6)7-4-2;1-2-3-4-5;1-2;;;/h3H,4-5H2,1-2H3;1,3H,4H2,2H3;2,5H,3-4H2,1H3;2H,1H3;;;/q3*-1;;;;. The van der Waals surface area contributed by atoms with Gasteiger partial charge in [0.2, 0.25) is 0 Å². The zero-order chi connectivity index (χ0) is 18.2. The minimum Gasteiger partial charge on any atom is -0.548 e. The largest absolute Gasteiger partial charge is 0.548 e. The van der Waals surface area contributed by atoms with E-state index in [2.05, 4.69) is 9.47 Å². The van der Waals surface area contributed by atoms with E-state index in [4.69, 9.17) is 16.8 Å². The average Bonchev–Trinajstić information content (AvgIpc) is 2.52. The molecule has 6 nitrogen and oxygen atoms in total. The van der Waals surface area contributed by atoms with Crippen LogP contribution in [0.15, 0.2) is 6.08 Å². The topological polar surface area (TPSA) is 93.1 Å². The maximum absolute atomic E-state index is 10.4. The van der Waals surface area contributed by atoms with Crippen LogP contribution in [-0.4, -0.2) is 49.1 Å². The van der Waals surface area contributed by atoms with E-state index in [0.29, 0.717) is 19.6 Å². The van der Waals surface area contributed by atoms with Crippen molar-refractivity contribution >= 4 is 11.9 Å². The molecular weight excluding hydrogens is 555 g/mol. The van der Waals surface area contributed by atoms with Crippen molar-refractivity contribution in [2.45, 2.75) is 40.5 Å². The fourth-order valence-electron chi connectivity index (χ4n) is 0.706. The smallest absolute Gasteiger partial charge is 0.275 e. The molecule has 9 heteroatoms. The van der Waals surface area contributed by atoms with Crippen molar-refractivity contribution < 1.29 is 127 Å². The average molecular weight is 586 g/mol. The van der Waals surface area contributed by atoms with Gasteiger partial charge < -0.3 is 37.3 Å². The van der Waals surface area contributed by atoms with Crippen LogP contribution in [0.1, 0.15) is 40.5 Å². The minimum absolute atomic E-state index is 0. The third-order valence-corrected chi connectivity index (χ3v) is 1.52. The molecule has 0 aromatic heterocycles. The van der Waals surface area contributed by atoms with Gasteiger partial charge in [0.1, 0.15) is 0 Å². The second-order valence-electron chi connectivity index (χ2n) is 3.26. The normalized spacial score (nSPS) is 6.84. The van der Waals surface area contributed by atoms with Gasteiger partial charge in [-0.15, -0.1) is 0 Å². The molecular formula is C16H31O6Y3-3. The summed E-state index contributed by atoms with van der Waals surface area (Å²) in [6.45, 7) is 13.2. The Morgan fingerprint density at radius 3 is 1.60 bits per heavy atom. The Kier molecular flexibility index (Phi) is 91.4. The van der Waals surface area contributed by atoms with Crippen molar-refractivity contribution in [1.82, 2.24) is 0 Å². The van der Waals surface area contributed by atoms with Crippen LogP contribution in [-0.2, 0) is 117 Å². The molecule has 0 aliphatic heterocycles. The van der Waals surface area contributed by atoms with E-state index >= 15 is 0 Å². The van der Waals surface area contributed by atoms with Gasteiger partial charge in [0.05, 0.1) is 13.2 Å². The summed E-state index contributed by atoms with van der Waals surface area (Å²) >= 11 is 0. The van der Waals surface area contributed by atoms with Crippen LogP contribution in [0.25, 0.3) is 0 Å². The summed E-state index contributed by atoms with van der Waals surface area (Å²) in [4.78, 5) is 20.4. The maximum atomic E-state index is 10.4. The van der Waals surface area contributed by atoms with Crippen LogP contribution in [0, 0.1) is 19.4 Å². The van der Waals surface area contributed by atoms with Gasteiger partial charge in [0, 0.05) is 112 Å². The second kappa shape index (κ2) is 50.1. The van der Waals surface area contributed by atoms with Crippen molar-refractivity contribution in [3.63, 3.8) is 0 Å². The van der Waals surface area contributed by atoms with E-state index in [1.54, 1.807) is 20.3 Å². The Morgan fingerprint density at radius 1 is 1.00 bits per heavy atom. The number of carbonyl (C=O) groups is 2. The second-order valence-corrected chi connectivity index (χ2v) is 3.26. The number of esters is 2. The van der Waals surface area contributed by atoms with Gasteiger partial charge >= 0.3 is 0 Å². The number of hydrogen-bond donors (Lipinski definition) is 2. The third-order valence-electron chi connectivity index (χ3n) is 1.52. The molecule has 0 spiro atoms. The van der Waals surface area contributed by atoms with Gasteiger partial charge in [-0.1, -0.05) is 6.42 Å². The molecule has 0 saturated heterocycles. The number of hydrogen-bond acceptors (Lipinski definition) is 6. The predicted octanol–water partition coefficient (Wildman–Crippen LogP) is 1.90. The van der Waals surface area contributed by atoms with Gasteiger partial charge in [-0.05, 0) is 13.8 Å². The summed E-state index contributed by atoms with van der Waals surface area (Å²) in [6.07, 6.45) is 5.84. The van der Waals surface area contributed by atoms with Gasteiger partial charge in [-0.2, -0.15) is 26.3 Å². The van der Waals surface area contributed by atoms with Gasteiger partial charge in [-0.25, -0.2) is 0 Å². The fraction of sp³-hybridized carbons (Fsp3) is 0.625. The van der Waals surface area contributed by atoms with E-state index in [9.17, 15) is 9.59 Å². The van der Waals surface area contributed by atoms with Crippen molar-refractivity contribution in [2.24, 2.45) is 0 Å². The molecule has 0 rings (SSSR count). The van der Waals surface area contributed by atoms with E-state index < -0.39 is 5.97 Å². The molecule has 0 fully saturated rings. The van der Waals surface area contributed by atoms with Crippen LogP contribution in [0.2, 0.25) is 0 Å². The molecule has 0 heterocycles.